The van der Waals surface area contributed by atoms with Crippen molar-refractivity contribution >= 4 is 5.91 Å². The van der Waals surface area contributed by atoms with Crippen LogP contribution in [0.3, 0.4) is 0 Å². The fourth-order valence-electron chi connectivity index (χ4n) is 3.58. The average molecular weight is 470 g/mol. The number of aliphatic hydroxyl groups excluding tert-OH is 1. The van der Waals surface area contributed by atoms with Gasteiger partial charge in [-0.15, -0.1) is 0 Å². The van der Waals surface area contributed by atoms with Crippen molar-refractivity contribution in [2.24, 2.45) is 0 Å². The second kappa shape index (κ2) is 11.0. The molecule has 2 heterocycles. The van der Waals surface area contributed by atoms with Crippen LogP contribution in [0.25, 0.3) is 5.95 Å². The third-order valence-electron chi connectivity index (χ3n) is 5.28. The first-order valence-corrected chi connectivity index (χ1v) is 10.9. The first-order valence-electron chi connectivity index (χ1n) is 10.9. The van der Waals surface area contributed by atoms with Crippen molar-refractivity contribution < 1.29 is 24.1 Å². The number of aromatic nitrogens is 4. The lowest BCUT2D eigenvalue weighted by molar-refractivity contribution is -0.121. The van der Waals surface area contributed by atoms with E-state index < -0.39 is 6.10 Å². The largest absolute Gasteiger partial charge is 0.493 e. The van der Waals surface area contributed by atoms with Crippen molar-refractivity contribution in [1.29, 1.82) is 0 Å². The fourth-order valence-corrected chi connectivity index (χ4v) is 3.58. The number of carbonyl (C=O) groups excluding carboxylic acids is 1. The molecule has 2 N–H and O–H groups in total. The normalized spacial score (nSPS) is 11.7. The number of hydrogen-bond acceptors (Lipinski definition) is 8. The molecule has 34 heavy (non-hydrogen) atoms. The van der Waals surface area contributed by atoms with Crippen LogP contribution in [0.15, 0.2) is 24.3 Å². The van der Waals surface area contributed by atoms with Gasteiger partial charge in [0, 0.05) is 29.2 Å². The molecule has 1 aromatic carbocycles. The number of aryl methyl sites for hydroxylation is 3. The molecular weight excluding hydrogens is 438 g/mol. The summed E-state index contributed by atoms with van der Waals surface area (Å²) in [4.78, 5) is 21.5. The molecular formula is C24H31N5O5. The Morgan fingerprint density at radius 1 is 1.09 bits per heavy atom. The lowest BCUT2D eigenvalue weighted by atomic mass is 10.1. The third-order valence-corrected chi connectivity index (χ3v) is 5.28. The van der Waals surface area contributed by atoms with E-state index in [0.717, 1.165) is 28.3 Å². The standard InChI is InChI=1S/C24H31N5O5/c1-14-10-15(2)27-24(26-14)29-17(4)19(16(3)28-29)11-22(31)25-12-18(30)13-34-23-20(32-5)8-7-9-21(23)33-6/h7-10,18,30H,11-13H2,1-6H3,(H,25,31). The van der Waals surface area contributed by atoms with Crippen molar-refractivity contribution in [3.63, 3.8) is 0 Å². The molecule has 3 aromatic rings. The minimum Gasteiger partial charge on any atom is -0.493 e. The Labute approximate surface area is 198 Å². The van der Waals surface area contributed by atoms with Gasteiger partial charge in [-0.05, 0) is 45.9 Å². The lowest BCUT2D eigenvalue weighted by Crippen LogP contribution is -2.36. The second-order valence-corrected chi connectivity index (χ2v) is 7.95. The topological polar surface area (TPSA) is 121 Å². The van der Waals surface area contributed by atoms with Crippen LogP contribution in [0.2, 0.25) is 0 Å². The molecule has 10 nitrogen and oxygen atoms in total. The van der Waals surface area contributed by atoms with Crippen LogP contribution in [-0.4, -0.2) is 64.2 Å². The predicted molar refractivity (Wildman–Crippen MR) is 126 cm³/mol. The summed E-state index contributed by atoms with van der Waals surface area (Å²) < 4.78 is 17.9. The molecule has 0 saturated heterocycles. The van der Waals surface area contributed by atoms with E-state index in [1.165, 1.54) is 14.2 Å². The van der Waals surface area contributed by atoms with Gasteiger partial charge in [0.15, 0.2) is 11.5 Å². The van der Waals surface area contributed by atoms with E-state index >= 15 is 0 Å². The maximum atomic E-state index is 12.6. The van der Waals surface area contributed by atoms with E-state index in [1.807, 2.05) is 33.8 Å². The summed E-state index contributed by atoms with van der Waals surface area (Å²) in [5.74, 6) is 1.62. The number of benzene rings is 1. The number of amides is 1. The van der Waals surface area contributed by atoms with Crippen molar-refractivity contribution in [1.82, 2.24) is 25.1 Å². The molecule has 1 amide bonds. The highest BCUT2D eigenvalue weighted by Crippen LogP contribution is 2.36. The lowest BCUT2D eigenvalue weighted by Gasteiger charge is -2.17. The summed E-state index contributed by atoms with van der Waals surface area (Å²) in [6.07, 6.45) is -0.803. The maximum absolute atomic E-state index is 12.6. The van der Waals surface area contributed by atoms with Gasteiger partial charge in [-0.1, -0.05) is 6.07 Å². The monoisotopic (exact) mass is 469 g/mol. The number of ether oxygens (including phenoxy) is 3. The fraction of sp³-hybridized carbons (Fsp3) is 0.417. The van der Waals surface area contributed by atoms with Gasteiger partial charge in [-0.3, -0.25) is 4.79 Å². The van der Waals surface area contributed by atoms with Crippen molar-refractivity contribution in [3.8, 4) is 23.2 Å². The smallest absolute Gasteiger partial charge is 0.251 e. The number of para-hydroxylation sites is 1. The van der Waals surface area contributed by atoms with Crippen LogP contribution in [0.4, 0.5) is 0 Å². The molecule has 10 heteroatoms. The number of carbonyl (C=O) groups is 1. The molecule has 0 aliphatic heterocycles. The van der Waals surface area contributed by atoms with Gasteiger partial charge in [0.1, 0.15) is 12.7 Å². The van der Waals surface area contributed by atoms with Crippen LogP contribution in [0, 0.1) is 27.7 Å². The summed E-state index contributed by atoms with van der Waals surface area (Å²) in [6.45, 7) is 7.51. The molecule has 0 saturated carbocycles. The van der Waals surface area contributed by atoms with Gasteiger partial charge >= 0.3 is 0 Å². The molecule has 0 radical (unpaired) electrons. The van der Waals surface area contributed by atoms with Gasteiger partial charge < -0.3 is 24.6 Å². The summed E-state index contributed by atoms with van der Waals surface area (Å²) >= 11 is 0. The van der Waals surface area contributed by atoms with E-state index in [9.17, 15) is 9.90 Å². The Morgan fingerprint density at radius 2 is 1.71 bits per heavy atom. The molecule has 0 fully saturated rings. The number of nitrogens with one attached hydrogen (secondary N) is 1. The Bertz CT molecular complexity index is 1120. The van der Waals surface area contributed by atoms with Crippen molar-refractivity contribution in [3.05, 3.63) is 52.6 Å². The minimum atomic E-state index is -0.924. The molecule has 2 aromatic heterocycles. The summed E-state index contributed by atoms with van der Waals surface area (Å²) in [6, 6.07) is 7.14. The molecule has 1 unspecified atom stereocenters. The van der Waals surface area contributed by atoms with Crippen molar-refractivity contribution in [2.45, 2.75) is 40.2 Å². The van der Waals surface area contributed by atoms with E-state index in [2.05, 4.69) is 20.4 Å². The number of methoxy groups -OCH3 is 2. The highest BCUT2D eigenvalue weighted by Gasteiger charge is 2.19. The summed E-state index contributed by atoms with van der Waals surface area (Å²) in [5.41, 5.74) is 4.00. The SMILES string of the molecule is COc1cccc(OC)c1OCC(O)CNC(=O)Cc1c(C)nn(-c2nc(C)cc(C)n2)c1C. The maximum Gasteiger partial charge on any atom is 0.251 e. The number of rotatable bonds is 10. The average Bonchev–Trinajstić information content (AvgIpc) is 3.08. The second-order valence-electron chi connectivity index (χ2n) is 7.95. The molecule has 1 atom stereocenters. The molecule has 182 valence electrons. The Morgan fingerprint density at radius 3 is 2.29 bits per heavy atom. The zero-order valence-electron chi connectivity index (χ0n) is 20.4. The number of aliphatic hydroxyl groups is 1. The molecule has 3 rings (SSSR count). The molecule has 0 aliphatic rings. The predicted octanol–water partition coefficient (Wildman–Crippen LogP) is 2.01. The highest BCUT2D eigenvalue weighted by atomic mass is 16.5. The van der Waals surface area contributed by atoms with Gasteiger partial charge in [0.05, 0.1) is 26.3 Å². The van der Waals surface area contributed by atoms with Crippen LogP contribution in [0.5, 0.6) is 17.2 Å². The van der Waals surface area contributed by atoms with E-state index in [1.54, 1.807) is 22.9 Å². The first-order chi connectivity index (χ1) is 16.2. The highest BCUT2D eigenvalue weighted by molar-refractivity contribution is 5.79. The van der Waals surface area contributed by atoms with Gasteiger partial charge in [-0.25, -0.2) is 14.6 Å². The minimum absolute atomic E-state index is 0.0305. The Balaban J connectivity index is 1.59. The molecule has 0 bridgehead atoms. The summed E-state index contributed by atoms with van der Waals surface area (Å²) in [7, 11) is 3.05. The number of nitrogens with zero attached hydrogens (tertiary/aromatic N) is 4. The quantitative estimate of drug-likeness (QED) is 0.463. The Kier molecular flexibility index (Phi) is 8.06. The van der Waals surface area contributed by atoms with Gasteiger partial charge in [0.25, 0.3) is 5.95 Å². The summed E-state index contributed by atoms with van der Waals surface area (Å²) in [5, 5.41) is 17.6. The van der Waals surface area contributed by atoms with Crippen LogP contribution >= 0.6 is 0 Å². The van der Waals surface area contributed by atoms with E-state index in [0.29, 0.717) is 23.2 Å². The van der Waals surface area contributed by atoms with Gasteiger partial charge in [-0.2, -0.15) is 5.10 Å². The third kappa shape index (κ3) is 5.82. The van der Waals surface area contributed by atoms with E-state index in [4.69, 9.17) is 14.2 Å². The molecule has 0 aliphatic carbocycles. The molecule has 0 spiro atoms. The zero-order chi connectivity index (χ0) is 24.8. The van der Waals surface area contributed by atoms with E-state index in [-0.39, 0.29) is 25.5 Å². The van der Waals surface area contributed by atoms with Crippen LogP contribution < -0.4 is 19.5 Å². The number of hydrogen-bond donors (Lipinski definition) is 2. The zero-order valence-corrected chi connectivity index (χ0v) is 20.4. The van der Waals surface area contributed by atoms with Crippen molar-refractivity contribution in [2.75, 3.05) is 27.4 Å². The van der Waals surface area contributed by atoms with Gasteiger partial charge in [0.2, 0.25) is 11.7 Å². The first kappa shape index (κ1) is 25.0. The van der Waals surface area contributed by atoms with Crippen LogP contribution in [0.1, 0.15) is 28.3 Å². The Hall–Kier alpha value is -3.66. The van der Waals surface area contributed by atoms with Crippen LogP contribution in [-0.2, 0) is 11.2 Å².